The van der Waals surface area contributed by atoms with Gasteiger partial charge >= 0.3 is 0 Å². The number of hydrogen-bond donors (Lipinski definition) is 5. The number of primary amides is 1. The third-order valence-electron chi connectivity index (χ3n) is 7.84. The van der Waals surface area contributed by atoms with Gasteiger partial charge < -0.3 is 32.1 Å². The summed E-state index contributed by atoms with van der Waals surface area (Å²) in [5, 5.41) is 15.2. The Labute approximate surface area is 257 Å². The first-order valence-electron chi connectivity index (χ1n) is 14.8. The van der Waals surface area contributed by atoms with E-state index in [1.165, 1.54) is 17.0 Å². The van der Waals surface area contributed by atoms with Crippen molar-refractivity contribution in [2.24, 2.45) is 11.5 Å². The molecule has 0 unspecified atom stereocenters. The van der Waals surface area contributed by atoms with Crippen LogP contribution in [0.4, 0.5) is 0 Å². The van der Waals surface area contributed by atoms with Crippen molar-refractivity contribution < 1.29 is 24.3 Å². The normalized spacial score (nSPS) is 16.5. The average molecular weight is 600 g/mol. The number of likely N-dealkylation sites (tertiary alicyclic amines) is 1. The molecule has 7 N–H and O–H groups in total. The number of benzene rings is 3. The predicted octanol–water partition coefficient (Wildman–Crippen LogP) is 1.81. The first kappa shape index (κ1) is 32.2. The predicted molar refractivity (Wildman–Crippen MR) is 167 cm³/mol. The maximum absolute atomic E-state index is 13.7. The number of nitrogens with one attached hydrogen (secondary N) is 2. The number of nitrogens with two attached hydrogens (primary N) is 2. The molecule has 232 valence electrons. The van der Waals surface area contributed by atoms with Gasteiger partial charge in [0.1, 0.15) is 23.9 Å². The van der Waals surface area contributed by atoms with Crippen molar-refractivity contribution in [2.75, 3.05) is 6.54 Å². The molecule has 0 aromatic heterocycles. The van der Waals surface area contributed by atoms with Gasteiger partial charge in [-0.3, -0.25) is 19.2 Å². The number of phenolic OH excluding ortho intramolecular Hbond substituents is 1. The van der Waals surface area contributed by atoms with Gasteiger partial charge in [0.15, 0.2) is 0 Å². The fourth-order valence-electron chi connectivity index (χ4n) is 5.73. The second-order valence-electron chi connectivity index (χ2n) is 11.6. The first-order chi connectivity index (χ1) is 21.0. The fraction of sp³-hybridized carbons (Fsp3) is 0.353. The van der Waals surface area contributed by atoms with E-state index in [0.717, 1.165) is 27.8 Å². The molecule has 1 aliphatic heterocycles. The largest absolute Gasteiger partial charge is 0.508 e. The standard InChI is InChI=1S/C34H41N5O5/c1-21-15-22(2)17-25(16-21)20-29(32(42)37-28(31(36)41)19-23-7-4-3-5-8-23)38-33(43)30-9-6-14-39(30)34(44)27(35)18-24-10-12-26(40)13-11-24/h3-5,7-8,10-13,15-17,27-30,40H,6,9,14,18-20,35H2,1-2H3,(H2,36,41)(H,37,42)(H,38,43)/t27-,28-,29-,30-/m0/s1. The van der Waals surface area contributed by atoms with E-state index in [9.17, 15) is 24.3 Å². The van der Waals surface area contributed by atoms with Crippen molar-refractivity contribution in [1.82, 2.24) is 15.5 Å². The minimum atomic E-state index is -1.02. The van der Waals surface area contributed by atoms with Crippen LogP contribution in [0, 0.1) is 13.8 Å². The Kier molecular flexibility index (Phi) is 10.7. The van der Waals surface area contributed by atoms with E-state index in [1.807, 2.05) is 62.4 Å². The van der Waals surface area contributed by atoms with Crippen molar-refractivity contribution in [3.8, 4) is 5.75 Å². The Bertz CT molecular complexity index is 1460. The zero-order valence-electron chi connectivity index (χ0n) is 25.2. The van der Waals surface area contributed by atoms with Crippen LogP contribution in [0.15, 0.2) is 72.8 Å². The van der Waals surface area contributed by atoms with Gasteiger partial charge in [0.25, 0.3) is 0 Å². The van der Waals surface area contributed by atoms with Crippen LogP contribution in [0.1, 0.15) is 40.7 Å². The highest BCUT2D eigenvalue weighted by atomic mass is 16.3. The lowest BCUT2D eigenvalue weighted by Gasteiger charge is -2.29. The average Bonchev–Trinajstić information content (AvgIpc) is 3.47. The molecule has 4 rings (SSSR count). The van der Waals surface area contributed by atoms with Crippen molar-refractivity contribution in [2.45, 2.75) is 70.1 Å². The van der Waals surface area contributed by atoms with Crippen LogP contribution in [-0.2, 0) is 38.4 Å². The summed E-state index contributed by atoms with van der Waals surface area (Å²) in [6.07, 6.45) is 1.68. The lowest BCUT2D eigenvalue weighted by Crippen LogP contribution is -2.58. The molecule has 0 bridgehead atoms. The molecule has 1 heterocycles. The second-order valence-corrected chi connectivity index (χ2v) is 11.6. The van der Waals surface area contributed by atoms with Gasteiger partial charge in [-0.05, 0) is 61.9 Å². The number of nitrogens with zero attached hydrogens (tertiary/aromatic N) is 1. The van der Waals surface area contributed by atoms with Crippen LogP contribution in [0.5, 0.6) is 5.75 Å². The Morgan fingerprint density at radius 2 is 1.45 bits per heavy atom. The summed E-state index contributed by atoms with van der Waals surface area (Å²) < 4.78 is 0. The molecular weight excluding hydrogens is 558 g/mol. The summed E-state index contributed by atoms with van der Waals surface area (Å²) in [5.41, 5.74) is 16.4. The smallest absolute Gasteiger partial charge is 0.243 e. The van der Waals surface area contributed by atoms with E-state index in [1.54, 1.807) is 12.1 Å². The van der Waals surface area contributed by atoms with Crippen LogP contribution >= 0.6 is 0 Å². The molecular formula is C34H41N5O5. The van der Waals surface area contributed by atoms with Crippen molar-refractivity contribution in [1.29, 1.82) is 0 Å². The lowest BCUT2D eigenvalue weighted by atomic mass is 9.99. The minimum absolute atomic E-state index is 0.117. The van der Waals surface area contributed by atoms with Crippen LogP contribution in [0.3, 0.4) is 0 Å². The minimum Gasteiger partial charge on any atom is -0.508 e. The Morgan fingerprint density at radius 1 is 0.841 bits per heavy atom. The van der Waals surface area contributed by atoms with Crippen LogP contribution in [-0.4, -0.2) is 64.3 Å². The van der Waals surface area contributed by atoms with E-state index in [2.05, 4.69) is 10.6 Å². The van der Waals surface area contributed by atoms with E-state index >= 15 is 0 Å². The zero-order valence-corrected chi connectivity index (χ0v) is 25.2. The zero-order chi connectivity index (χ0) is 31.8. The molecule has 44 heavy (non-hydrogen) atoms. The summed E-state index contributed by atoms with van der Waals surface area (Å²) in [4.78, 5) is 54.5. The number of phenols is 1. The highest BCUT2D eigenvalue weighted by Crippen LogP contribution is 2.21. The SMILES string of the molecule is Cc1cc(C)cc(C[C@H](NC(=O)[C@@H]2CCCN2C(=O)[C@@H](N)Cc2ccc(O)cc2)C(=O)N[C@@H](Cc2ccccc2)C(N)=O)c1. The molecule has 4 amide bonds. The monoisotopic (exact) mass is 599 g/mol. The summed E-state index contributed by atoms with van der Waals surface area (Å²) in [7, 11) is 0. The number of hydrogen-bond acceptors (Lipinski definition) is 6. The van der Waals surface area contributed by atoms with Crippen molar-refractivity contribution in [3.05, 3.63) is 101 Å². The molecule has 0 spiro atoms. The van der Waals surface area contributed by atoms with Crippen molar-refractivity contribution >= 4 is 23.6 Å². The summed E-state index contributed by atoms with van der Waals surface area (Å²) in [6.45, 7) is 4.28. The maximum atomic E-state index is 13.7. The van der Waals surface area contributed by atoms with Crippen LogP contribution < -0.4 is 22.1 Å². The molecule has 3 aromatic rings. The number of carbonyl (C=O) groups excluding carboxylic acids is 4. The van der Waals surface area contributed by atoms with Crippen LogP contribution in [0.2, 0.25) is 0 Å². The molecule has 1 aliphatic rings. The van der Waals surface area contributed by atoms with E-state index < -0.39 is 41.9 Å². The first-order valence-corrected chi connectivity index (χ1v) is 14.8. The quantitative estimate of drug-likeness (QED) is 0.213. The molecule has 0 aliphatic carbocycles. The lowest BCUT2D eigenvalue weighted by molar-refractivity contribution is -0.140. The van der Waals surface area contributed by atoms with Gasteiger partial charge in [0.05, 0.1) is 6.04 Å². The number of amides is 4. The summed E-state index contributed by atoms with van der Waals surface area (Å²) in [6, 6.07) is 17.9. The second kappa shape index (κ2) is 14.7. The van der Waals surface area contributed by atoms with Crippen molar-refractivity contribution in [3.63, 3.8) is 0 Å². The topological polar surface area (TPSA) is 168 Å². The number of aromatic hydroxyl groups is 1. The molecule has 1 fully saturated rings. The summed E-state index contributed by atoms with van der Waals surface area (Å²) >= 11 is 0. The maximum Gasteiger partial charge on any atom is 0.243 e. The summed E-state index contributed by atoms with van der Waals surface area (Å²) in [5.74, 6) is -1.93. The number of rotatable bonds is 12. The number of carbonyl (C=O) groups is 4. The Hall–Kier alpha value is -4.70. The molecule has 10 heteroatoms. The van der Waals surface area contributed by atoms with Gasteiger partial charge in [-0.2, -0.15) is 0 Å². The van der Waals surface area contributed by atoms with E-state index in [0.29, 0.717) is 19.4 Å². The van der Waals surface area contributed by atoms with Gasteiger partial charge in [0, 0.05) is 19.4 Å². The Balaban J connectivity index is 1.50. The van der Waals surface area contributed by atoms with E-state index in [4.69, 9.17) is 11.5 Å². The third kappa shape index (κ3) is 8.67. The highest BCUT2D eigenvalue weighted by Gasteiger charge is 2.38. The molecule has 1 saturated heterocycles. The van der Waals surface area contributed by atoms with Gasteiger partial charge in [-0.1, -0.05) is 71.8 Å². The Morgan fingerprint density at radius 3 is 2.09 bits per heavy atom. The highest BCUT2D eigenvalue weighted by molar-refractivity contribution is 5.95. The van der Waals surface area contributed by atoms with Crippen LogP contribution in [0.25, 0.3) is 0 Å². The molecule has 0 radical (unpaired) electrons. The van der Waals surface area contributed by atoms with Gasteiger partial charge in [-0.25, -0.2) is 0 Å². The van der Waals surface area contributed by atoms with Gasteiger partial charge in [0.2, 0.25) is 23.6 Å². The molecule has 4 atom stereocenters. The third-order valence-corrected chi connectivity index (χ3v) is 7.84. The van der Waals surface area contributed by atoms with Gasteiger partial charge in [-0.15, -0.1) is 0 Å². The molecule has 0 saturated carbocycles. The molecule has 3 aromatic carbocycles. The number of aryl methyl sites for hydroxylation is 2. The fourth-order valence-corrected chi connectivity index (χ4v) is 5.73. The molecule has 10 nitrogen and oxygen atoms in total. The van der Waals surface area contributed by atoms with E-state index in [-0.39, 0.29) is 30.9 Å².